The quantitative estimate of drug-likeness (QED) is 0.795. The number of ether oxygens (including phenoxy) is 1. The summed E-state index contributed by atoms with van der Waals surface area (Å²) in [5.41, 5.74) is 0.438. The van der Waals surface area contributed by atoms with Crippen LogP contribution in [0.15, 0.2) is 24.3 Å². The van der Waals surface area contributed by atoms with Crippen LogP contribution in [0.4, 0.5) is 8.78 Å². The van der Waals surface area contributed by atoms with Crippen molar-refractivity contribution in [2.75, 3.05) is 45.8 Å². The van der Waals surface area contributed by atoms with Crippen LogP contribution in [0.1, 0.15) is 23.2 Å². The van der Waals surface area contributed by atoms with Crippen molar-refractivity contribution in [1.82, 2.24) is 14.7 Å². The van der Waals surface area contributed by atoms with Gasteiger partial charge in [0.1, 0.15) is 5.75 Å². The molecule has 2 saturated heterocycles. The second-order valence-electron chi connectivity index (χ2n) is 6.56. The first-order valence-electron chi connectivity index (χ1n) is 8.87. The van der Waals surface area contributed by atoms with Crippen molar-refractivity contribution in [3.63, 3.8) is 0 Å². The molecule has 3 rings (SSSR count). The number of amides is 2. The molecule has 6 nitrogen and oxygen atoms in total. The maximum absolute atomic E-state index is 12.5. The van der Waals surface area contributed by atoms with Gasteiger partial charge in [0.15, 0.2) is 0 Å². The van der Waals surface area contributed by atoms with Gasteiger partial charge in [0, 0.05) is 44.8 Å². The van der Waals surface area contributed by atoms with Crippen molar-refractivity contribution < 1.29 is 23.1 Å². The minimum Gasteiger partial charge on any atom is -0.435 e. The van der Waals surface area contributed by atoms with Gasteiger partial charge in [0.2, 0.25) is 5.91 Å². The molecular weight excluding hydrogens is 344 g/mol. The molecule has 2 aliphatic heterocycles. The van der Waals surface area contributed by atoms with E-state index in [1.165, 1.54) is 24.3 Å². The number of halogens is 2. The monoisotopic (exact) mass is 367 g/mol. The third kappa shape index (κ3) is 4.69. The molecule has 1 aromatic carbocycles. The van der Waals surface area contributed by atoms with Crippen molar-refractivity contribution in [1.29, 1.82) is 0 Å². The number of hydrogen-bond donors (Lipinski definition) is 0. The van der Waals surface area contributed by atoms with Gasteiger partial charge >= 0.3 is 6.61 Å². The second kappa shape index (κ2) is 8.44. The number of benzene rings is 1. The summed E-state index contributed by atoms with van der Waals surface area (Å²) in [6.45, 7) is 1.61. The highest BCUT2D eigenvalue weighted by molar-refractivity contribution is 5.94. The summed E-state index contributed by atoms with van der Waals surface area (Å²) in [5, 5.41) is 0. The van der Waals surface area contributed by atoms with E-state index in [0.29, 0.717) is 38.3 Å². The SMILES string of the molecule is O=C(CN1CCN(C(=O)c2ccc(OC(F)F)cc2)CC1)N1CCCC1. The maximum Gasteiger partial charge on any atom is 0.387 e. The molecule has 2 amide bonds. The fourth-order valence-corrected chi connectivity index (χ4v) is 3.33. The normalized spacial score (nSPS) is 18.4. The molecule has 26 heavy (non-hydrogen) atoms. The van der Waals surface area contributed by atoms with Crippen molar-refractivity contribution >= 4 is 11.8 Å². The fourth-order valence-electron chi connectivity index (χ4n) is 3.33. The van der Waals surface area contributed by atoms with Gasteiger partial charge in [0.25, 0.3) is 5.91 Å². The molecule has 0 N–H and O–H groups in total. The molecule has 0 saturated carbocycles. The Morgan fingerprint density at radius 3 is 2.12 bits per heavy atom. The molecule has 2 fully saturated rings. The number of alkyl halides is 2. The van der Waals surface area contributed by atoms with E-state index in [-0.39, 0.29) is 17.6 Å². The molecule has 0 atom stereocenters. The maximum atomic E-state index is 12.5. The first-order valence-corrected chi connectivity index (χ1v) is 8.87. The van der Waals surface area contributed by atoms with Crippen LogP contribution in [-0.2, 0) is 4.79 Å². The third-order valence-electron chi connectivity index (χ3n) is 4.80. The van der Waals surface area contributed by atoms with Crippen LogP contribution in [-0.4, -0.2) is 78.9 Å². The Kier molecular flexibility index (Phi) is 6.03. The summed E-state index contributed by atoms with van der Waals surface area (Å²) in [7, 11) is 0. The number of rotatable bonds is 5. The van der Waals surface area contributed by atoms with E-state index in [2.05, 4.69) is 9.64 Å². The van der Waals surface area contributed by atoms with Gasteiger partial charge in [-0.2, -0.15) is 8.78 Å². The average molecular weight is 367 g/mol. The van der Waals surface area contributed by atoms with Gasteiger partial charge in [-0.3, -0.25) is 14.5 Å². The van der Waals surface area contributed by atoms with Crippen LogP contribution in [0.3, 0.4) is 0 Å². The smallest absolute Gasteiger partial charge is 0.387 e. The first-order chi connectivity index (χ1) is 12.5. The third-order valence-corrected chi connectivity index (χ3v) is 4.80. The zero-order valence-corrected chi connectivity index (χ0v) is 14.6. The molecule has 2 heterocycles. The molecule has 0 unspecified atom stereocenters. The lowest BCUT2D eigenvalue weighted by molar-refractivity contribution is -0.131. The van der Waals surface area contributed by atoms with E-state index >= 15 is 0 Å². The number of likely N-dealkylation sites (tertiary alicyclic amines) is 1. The molecular formula is C18H23F2N3O3. The Hall–Kier alpha value is -2.22. The molecule has 2 aliphatic rings. The summed E-state index contributed by atoms with van der Waals surface area (Å²) < 4.78 is 28.6. The van der Waals surface area contributed by atoms with E-state index in [9.17, 15) is 18.4 Å². The molecule has 0 aliphatic carbocycles. The fraction of sp³-hybridized carbons (Fsp3) is 0.556. The minimum absolute atomic E-state index is 0.0294. The van der Waals surface area contributed by atoms with Gasteiger partial charge in [0.05, 0.1) is 6.54 Å². The number of carbonyl (C=O) groups excluding carboxylic acids is 2. The molecule has 8 heteroatoms. The average Bonchev–Trinajstić information content (AvgIpc) is 3.17. The Morgan fingerprint density at radius 2 is 1.54 bits per heavy atom. The summed E-state index contributed by atoms with van der Waals surface area (Å²) in [6, 6.07) is 5.71. The van der Waals surface area contributed by atoms with Crippen LogP contribution in [0.25, 0.3) is 0 Å². The number of nitrogens with zero attached hydrogens (tertiary/aromatic N) is 3. The van der Waals surface area contributed by atoms with Crippen LogP contribution < -0.4 is 4.74 Å². The van der Waals surface area contributed by atoms with Crippen molar-refractivity contribution in [2.24, 2.45) is 0 Å². The highest BCUT2D eigenvalue weighted by Gasteiger charge is 2.25. The van der Waals surface area contributed by atoms with Crippen LogP contribution >= 0.6 is 0 Å². The van der Waals surface area contributed by atoms with E-state index in [1.54, 1.807) is 4.90 Å². The molecule has 1 aromatic rings. The van der Waals surface area contributed by atoms with Crippen LogP contribution in [0.5, 0.6) is 5.75 Å². The number of piperazine rings is 1. The predicted octanol–water partition coefficient (Wildman–Crippen LogP) is 1.67. The molecule has 142 valence electrons. The summed E-state index contributed by atoms with van der Waals surface area (Å²) in [5.74, 6) is 0.0535. The van der Waals surface area contributed by atoms with E-state index in [4.69, 9.17) is 0 Å². The largest absolute Gasteiger partial charge is 0.435 e. The minimum atomic E-state index is -2.88. The lowest BCUT2D eigenvalue weighted by Gasteiger charge is -2.35. The van der Waals surface area contributed by atoms with Crippen LogP contribution in [0, 0.1) is 0 Å². The number of hydrogen-bond acceptors (Lipinski definition) is 4. The van der Waals surface area contributed by atoms with E-state index < -0.39 is 6.61 Å². The topological polar surface area (TPSA) is 53.1 Å². The van der Waals surface area contributed by atoms with Gasteiger partial charge in [-0.05, 0) is 37.1 Å². The first kappa shape index (κ1) is 18.6. The molecule has 0 spiro atoms. The molecule has 0 radical (unpaired) electrons. The summed E-state index contributed by atoms with van der Waals surface area (Å²) in [6.07, 6.45) is 2.16. The molecule has 0 bridgehead atoms. The Bertz CT molecular complexity index is 625. The van der Waals surface area contributed by atoms with Gasteiger partial charge in [-0.1, -0.05) is 0 Å². The van der Waals surface area contributed by atoms with Crippen molar-refractivity contribution in [3.05, 3.63) is 29.8 Å². The van der Waals surface area contributed by atoms with Gasteiger partial charge < -0.3 is 14.5 Å². The van der Waals surface area contributed by atoms with Gasteiger partial charge in [-0.15, -0.1) is 0 Å². The van der Waals surface area contributed by atoms with E-state index in [0.717, 1.165) is 25.9 Å². The second-order valence-corrected chi connectivity index (χ2v) is 6.56. The standard InChI is InChI=1S/C18H23F2N3O3/c19-18(20)26-15-5-3-14(4-6-15)17(25)23-11-9-21(10-12-23)13-16(24)22-7-1-2-8-22/h3-6,18H,1-2,7-13H2. The zero-order valence-electron chi connectivity index (χ0n) is 14.6. The van der Waals surface area contributed by atoms with Crippen molar-refractivity contribution in [2.45, 2.75) is 19.5 Å². The van der Waals surface area contributed by atoms with Crippen molar-refractivity contribution in [3.8, 4) is 5.75 Å². The van der Waals surface area contributed by atoms with E-state index in [1.807, 2.05) is 4.90 Å². The Labute approximate surface area is 151 Å². The predicted molar refractivity (Wildman–Crippen MR) is 91.2 cm³/mol. The lowest BCUT2D eigenvalue weighted by Crippen LogP contribution is -2.51. The summed E-state index contributed by atoms with van der Waals surface area (Å²) in [4.78, 5) is 30.4. The highest BCUT2D eigenvalue weighted by atomic mass is 19.3. The zero-order chi connectivity index (χ0) is 18.5. The Balaban J connectivity index is 1.47. The lowest BCUT2D eigenvalue weighted by atomic mass is 10.1. The summed E-state index contributed by atoms with van der Waals surface area (Å²) >= 11 is 0. The molecule has 0 aromatic heterocycles. The number of carbonyl (C=O) groups is 2. The van der Waals surface area contributed by atoms with Crippen LogP contribution in [0.2, 0.25) is 0 Å². The highest BCUT2D eigenvalue weighted by Crippen LogP contribution is 2.17. The Morgan fingerprint density at radius 1 is 0.923 bits per heavy atom. The van der Waals surface area contributed by atoms with Gasteiger partial charge in [-0.25, -0.2) is 0 Å².